The zero-order valence-corrected chi connectivity index (χ0v) is 10.8. The number of nitrogens with zero attached hydrogens (tertiary/aromatic N) is 1. The van der Waals surface area contributed by atoms with Crippen LogP contribution in [0.5, 0.6) is 0 Å². The first-order chi connectivity index (χ1) is 9.24. The minimum absolute atomic E-state index is 0.337. The molecule has 98 valence electrons. The molecule has 0 saturated carbocycles. The Bertz CT molecular complexity index is 565. The van der Waals surface area contributed by atoms with Crippen molar-refractivity contribution in [2.75, 3.05) is 13.7 Å². The molecule has 19 heavy (non-hydrogen) atoms. The number of esters is 1. The van der Waals surface area contributed by atoms with Crippen molar-refractivity contribution >= 4 is 5.97 Å². The summed E-state index contributed by atoms with van der Waals surface area (Å²) in [5, 5.41) is 0. The van der Waals surface area contributed by atoms with Gasteiger partial charge in [-0.2, -0.15) is 0 Å². The van der Waals surface area contributed by atoms with Gasteiger partial charge < -0.3 is 10.5 Å². The topological polar surface area (TPSA) is 65.2 Å². The van der Waals surface area contributed by atoms with Crippen molar-refractivity contribution < 1.29 is 9.53 Å². The van der Waals surface area contributed by atoms with Gasteiger partial charge in [-0.15, -0.1) is 0 Å². The van der Waals surface area contributed by atoms with E-state index in [2.05, 4.69) is 9.72 Å². The van der Waals surface area contributed by atoms with E-state index < -0.39 is 0 Å². The molecule has 0 aliphatic heterocycles. The van der Waals surface area contributed by atoms with E-state index in [4.69, 9.17) is 5.73 Å². The van der Waals surface area contributed by atoms with Crippen molar-refractivity contribution in [2.24, 2.45) is 5.73 Å². The number of methoxy groups -OCH3 is 1. The van der Waals surface area contributed by atoms with Gasteiger partial charge in [-0.3, -0.25) is 4.98 Å². The summed E-state index contributed by atoms with van der Waals surface area (Å²) in [5.74, 6) is -0.337. The highest BCUT2D eigenvalue weighted by atomic mass is 16.5. The van der Waals surface area contributed by atoms with Crippen LogP contribution in [0.25, 0.3) is 11.3 Å². The molecule has 0 atom stereocenters. The first-order valence-corrected chi connectivity index (χ1v) is 6.09. The number of pyridine rings is 1. The Morgan fingerprint density at radius 2 is 1.95 bits per heavy atom. The van der Waals surface area contributed by atoms with E-state index in [0.717, 1.165) is 23.4 Å². The van der Waals surface area contributed by atoms with Gasteiger partial charge in [0.15, 0.2) is 0 Å². The fourth-order valence-electron chi connectivity index (χ4n) is 1.82. The molecule has 1 heterocycles. The molecule has 0 spiro atoms. The Balaban J connectivity index is 2.26. The smallest absolute Gasteiger partial charge is 0.337 e. The van der Waals surface area contributed by atoms with Crippen molar-refractivity contribution in [2.45, 2.75) is 6.42 Å². The highest BCUT2D eigenvalue weighted by molar-refractivity contribution is 5.89. The van der Waals surface area contributed by atoms with Gasteiger partial charge in [0.05, 0.1) is 18.4 Å². The Kier molecular flexibility index (Phi) is 4.26. The Morgan fingerprint density at radius 3 is 2.58 bits per heavy atom. The van der Waals surface area contributed by atoms with Gasteiger partial charge in [0, 0.05) is 17.7 Å². The average molecular weight is 256 g/mol. The molecule has 0 bridgehead atoms. The van der Waals surface area contributed by atoms with Crippen LogP contribution in [0.3, 0.4) is 0 Å². The lowest BCUT2D eigenvalue weighted by Gasteiger charge is -2.05. The molecule has 0 amide bonds. The first kappa shape index (κ1) is 13.2. The van der Waals surface area contributed by atoms with Crippen LogP contribution < -0.4 is 5.73 Å². The Hall–Kier alpha value is -2.20. The van der Waals surface area contributed by atoms with E-state index in [9.17, 15) is 4.79 Å². The van der Waals surface area contributed by atoms with Gasteiger partial charge in [0.25, 0.3) is 0 Å². The summed E-state index contributed by atoms with van der Waals surface area (Å²) in [4.78, 5) is 15.9. The van der Waals surface area contributed by atoms with Crippen LogP contribution in [-0.2, 0) is 11.2 Å². The SMILES string of the molecule is COC(=O)c1ccc(-c2cccc(CCN)n2)cc1. The number of hydrogen-bond donors (Lipinski definition) is 1. The van der Waals surface area contributed by atoms with Gasteiger partial charge in [-0.05, 0) is 30.8 Å². The molecule has 1 aromatic carbocycles. The van der Waals surface area contributed by atoms with E-state index in [1.54, 1.807) is 12.1 Å². The number of benzene rings is 1. The van der Waals surface area contributed by atoms with Gasteiger partial charge in [0.2, 0.25) is 0 Å². The van der Waals surface area contributed by atoms with Gasteiger partial charge in [-0.25, -0.2) is 4.79 Å². The van der Waals surface area contributed by atoms with Crippen LogP contribution in [0, 0.1) is 0 Å². The maximum atomic E-state index is 11.3. The summed E-state index contributed by atoms with van der Waals surface area (Å²) < 4.78 is 4.66. The highest BCUT2D eigenvalue weighted by Crippen LogP contribution is 2.18. The van der Waals surface area contributed by atoms with E-state index in [1.807, 2.05) is 30.3 Å². The highest BCUT2D eigenvalue weighted by Gasteiger charge is 2.06. The molecular formula is C15H16N2O2. The third-order valence-electron chi connectivity index (χ3n) is 2.81. The summed E-state index contributed by atoms with van der Waals surface area (Å²) in [6.07, 6.45) is 0.758. The third kappa shape index (κ3) is 3.17. The fraction of sp³-hybridized carbons (Fsp3) is 0.200. The fourth-order valence-corrected chi connectivity index (χ4v) is 1.82. The maximum absolute atomic E-state index is 11.3. The number of nitrogens with two attached hydrogens (primary N) is 1. The first-order valence-electron chi connectivity index (χ1n) is 6.09. The molecular weight excluding hydrogens is 240 g/mol. The molecule has 0 radical (unpaired) electrons. The zero-order chi connectivity index (χ0) is 13.7. The number of carbonyl (C=O) groups excluding carboxylic acids is 1. The average Bonchev–Trinajstić information content (AvgIpc) is 2.47. The second-order valence-corrected chi connectivity index (χ2v) is 4.12. The summed E-state index contributed by atoms with van der Waals surface area (Å²) >= 11 is 0. The molecule has 0 fully saturated rings. The normalized spacial score (nSPS) is 10.2. The predicted octanol–water partition coefficient (Wildman–Crippen LogP) is 2.04. The van der Waals surface area contributed by atoms with Crippen LogP contribution in [-0.4, -0.2) is 24.6 Å². The van der Waals surface area contributed by atoms with Crippen molar-refractivity contribution in [1.29, 1.82) is 0 Å². The van der Waals surface area contributed by atoms with Crippen molar-refractivity contribution in [3.63, 3.8) is 0 Å². The third-order valence-corrected chi connectivity index (χ3v) is 2.81. The lowest BCUT2D eigenvalue weighted by molar-refractivity contribution is 0.0601. The number of aromatic nitrogens is 1. The van der Waals surface area contributed by atoms with Crippen LogP contribution in [0.1, 0.15) is 16.1 Å². The molecule has 0 aliphatic carbocycles. The summed E-state index contributed by atoms with van der Waals surface area (Å²) in [5.41, 5.74) is 8.87. The molecule has 0 saturated heterocycles. The monoisotopic (exact) mass is 256 g/mol. The van der Waals surface area contributed by atoms with Crippen LogP contribution in [0.4, 0.5) is 0 Å². The van der Waals surface area contributed by atoms with Crippen molar-refractivity contribution in [3.8, 4) is 11.3 Å². The standard InChI is InChI=1S/C15H16N2O2/c1-19-15(18)12-7-5-11(6-8-12)14-4-2-3-13(17-14)9-10-16/h2-8H,9-10,16H2,1H3. The number of carbonyl (C=O) groups is 1. The minimum Gasteiger partial charge on any atom is -0.465 e. The number of hydrogen-bond acceptors (Lipinski definition) is 4. The summed E-state index contributed by atoms with van der Waals surface area (Å²) in [6.45, 7) is 0.581. The molecule has 2 aromatic rings. The van der Waals surface area contributed by atoms with Crippen LogP contribution in [0.2, 0.25) is 0 Å². The Morgan fingerprint density at radius 1 is 1.21 bits per heavy atom. The van der Waals surface area contributed by atoms with Crippen molar-refractivity contribution in [1.82, 2.24) is 4.98 Å². The second-order valence-electron chi connectivity index (χ2n) is 4.12. The second kappa shape index (κ2) is 6.11. The minimum atomic E-state index is -0.337. The lowest BCUT2D eigenvalue weighted by atomic mass is 10.1. The van der Waals surface area contributed by atoms with Crippen molar-refractivity contribution in [3.05, 3.63) is 53.7 Å². The van der Waals surface area contributed by atoms with E-state index in [1.165, 1.54) is 7.11 Å². The molecule has 1 aromatic heterocycles. The maximum Gasteiger partial charge on any atom is 0.337 e. The largest absolute Gasteiger partial charge is 0.465 e. The molecule has 4 nitrogen and oxygen atoms in total. The summed E-state index contributed by atoms with van der Waals surface area (Å²) in [6, 6.07) is 13.0. The van der Waals surface area contributed by atoms with Crippen LogP contribution in [0.15, 0.2) is 42.5 Å². The quantitative estimate of drug-likeness (QED) is 0.850. The van der Waals surface area contributed by atoms with E-state index in [0.29, 0.717) is 12.1 Å². The molecule has 2 rings (SSSR count). The van der Waals surface area contributed by atoms with Gasteiger partial charge in [-0.1, -0.05) is 18.2 Å². The van der Waals surface area contributed by atoms with Gasteiger partial charge in [0.1, 0.15) is 0 Å². The molecule has 0 unspecified atom stereocenters. The zero-order valence-electron chi connectivity index (χ0n) is 10.8. The molecule has 0 aliphatic rings. The Labute approximate surface area is 112 Å². The number of ether oxygens (including phenoxy) is 1. The van der Waals surface area contributed by atoms with E-state index >= 15 is 0 Å². The lowest BCUT2D eigenvalue weighted by Crippen LogP contribution is -2.04. The molecule has 4 heteroatoms. The van der Waals surface area contributed by atoms with E-state index in [-0.39, 0.29) is 5.97 Å². The number of rotatable bonds is 4. The predicted molar refractivity (Wildman–Crippen MR) is 73.8 cm³/mol. The molecule has 2 N–H and O–H groups in total. The summed E-state index contributed by atoms with van der Waals surface area (Å²) in [7, 11) is 1.37. The van der Waals surface area contributed by atoms with Gasteiger partial charge >= 0.3 is 5.97 Å². The van der Waals surface area contributed by atoms with Crippen LogP contribution >= 0.6 is 0 Å².